The van der Waals surface area contributed by atoms with Crippen LogP contribution in [0.1, 0.15) is 67.7 Å². The van der Waals surface area contributed by atoms with Gasteiger partial charge >= 0.3 is 5.97 Å². The van der Waals surface area contributed by atoms with Crippen molar-refractivity contribution in [3.05, 3.63) is 91.7 Å². The van der Waals surface area contributed by atoms with Crippen molar-refractivity contribution in [1.82, 2.24) is 14.5 Å². The predicted molar refractivity (Wildman–Crippen MR) is 177 cm³/mol. The Kier molecular flexibility index (Phi) is 9.71. The van der Waals surface area contributed by atoms with Gasteiger partial charge in [-0.25, -0.2) is 4.98 Å². The Hall–Kier alpha value is -3.75. The summed E-state index contributed by atoms with van der Waals surface area (Å²) in [6.45, 7) is 8.91. The van der Waals surface area contributed by atoms with Crippen LogP contribution in [0.4, 0.5) is 0 Å². The minimum Gasteiger partial charge on any atom is -0.481 e. The van der Waals surface area contributed by atoms with Crippen LogP contribution in [0.15, 0.2) is 58.7 Å². The van der Waals surface area contributed by atoms with Crippen LogP contribution in [0.3, 0.4) is 0 Å². The summed E-state index contributed by atoms with van der Waals surface area (Å²) >= 11 is 7.46. The number of pyridine rings is 1. The van der Waals surface area contributed by atoms with Gasteiger partial charge in [0, 0.05) is 34.7 Å². The first kappa shape index (κ1) is 31.7. The molecule has 1 unspecified atom stereocenters. The second kappa shape index (κ2) is 13.5. The van der Waals surface area contributed by atoms with Crippen molar-refractivity contribution in [1.29, 1.82) is 0 Å². The van der Waals surface area contributed by atoms with Crippen LogP contribution in [0.5, 0.6) is 0 Å². The van der Waals surface area contributed by atoms with E-state index in [1.165, 1.54) is 11.3 Å². The van der Waals surface area contributed by atoms with Crippen LogP contribution >= 0.6 is 22.9 Å². The Balaban J connectivity index is 1.78. The SMILES string of the molecule is CCc1cccc(CC)c1-n1c(CC(C)C)c(C(=O)N2CCCC(C(=O)O)C2)cc(-c2nc(-c3ccc(Cl)cc3)cs2)c1=O. The Morgan fingerprint density at radius 1 is 1.09 bits per heavy atom. The largest absolute Gasteiger partial charge is 0.481 e. The number of carboxylic acid groups (broad SMARTS) is 1. The molecule has 44 heavy (non-hydrogen) atoms. The molecule has 0 radical (unpaired) electrons. The van der Waals surface area contributed by atoms with Crippen LogP contribution in [0.25, 0.3) is 27.5 Å². The zero-order chi connectivity index (χ0) is 31.5. The summed E-state index contributed by atoms with van der Waals surface area (Å²) in [6, 6.07) is 15.2. The number of aliphatic carboxylic acids is 1. The molecule has 4 aromatic rings. The third-order valence-corrected chi connectivity index (χ3v) is 9.38. The third kappa shape index (κ3) is 6.37. The highest BCUT2D eigenvalue weighted by Gasteiger charge is 2.32. The average Bonchev–Trinajstić information content (AvgIpc) is 3.51. The number of aromatic nitrogens is 2. The van der Waals surface area contributed by atoms with Crippen LogP contribution in [-0.2, 0) is 24.1 Å². The quantitative estimate of drug-likeness (QED) is 0.206. The van der Waals surface area contributed by atoms with Gasteiger partial charge in [-0.2, -0.15) is 0 Å². The monoisotopic (exact) mass is 631 g/mol. The number of aryl methyl sites for hydroxylation is 2. The number of nitrogens with zero attached hydrogens (tertiary/aromatic N) is 3. The number of carboxylic acids is 1. The molecule has 2 aromatic carbocycles. The van der Waals surface area contributed by atoms with Crippen molar-refractivity contribution in [2.45, 2.75) is 59.8 Å². The lowest BCUT2D eigenvalue weighted by Crippen LogP contribution is -2.43. The Bertz CT molecular complexity index is 1720. The molecule has 1 amide bonds. The number of hydrogen-bond acceptors (Lipinski definition) is 5. The highest BCUT2D eigenvalue weighted by molar-refractivity contribution is 7.13. The van der Waals surface area contributed by atoms with E-state index >= 15 is 0 Å². The highest BCUT2D eigenvalue weighted by atomic mass is 35.5. The first-order chi connectivity index (χ1) is 21.1. The van der Waals surface area contributed by atoms with Gasteiger partial charge in [0.25, 0.3) is 11.5 Å². The van der Waals surface area contributed by atoms with Gasteiger partial charge in [-0.3, -0.25) is 19.0 Å². The number of carbonyl (C=O) groups is 2. The lowest BCUT2D eigenvalue weighted by Gasteiger charge is -2.32. The molecule has 5 rings (SSSR count). The maximum Gasteiger partial charge on any atom is 0.308 e. The molecule has 0 bridgehead atoms. The number of hydrogen-bond donors (Lipinski definition) is 1. The number of halogens is 1. The fourth-order valence-corrected chi connectivity index (χ4v) is 6.96. The van der Waals surface area contributed by atoms with Gasteiger partial charge in [0.05, 0.1) is 28.4 Å². The molecule has 0 saturated carbocycles. The Morgan fingerprint density at radius 2 is 1.77 bits per heavy atom. The van der Waals surface area contributed by atoms with Gasteiger partial charge in [0.15, 0.2) is 0 Å². The Morgan fingerprint density at radius 3 is 2.39 bits per heavy atom. The van der Waals surface area contributed by atoms with E-state index in [1.807, 2.05) is 35.7 Å². The lowest BCUT2D eigenvalue weighted by atomic mass is 9.95. The second-order valence-corrected chi connectivity index (χ2v) is 13.1. The maximum atomic E-state index is 14.7. The van der Waals surface area contributed by atoms with Gasteiger partial charge in [0.1, 0.15) is 5.01 Å². The molecule has 230 valence electrons. The average molecular weight is 632 g/mol. The standard InChI is InChI=1S/C35H38ClN3O4S/c1-5-22-9-7-10-23(6-2)31(22)39-30(17-21(3)4)27(33(40)38-16-8-11-25(19-38)35(42)43)18-28(34(39)41)32-37-29(20-44-32)24-12-14-26(36)15-13-24/h7,9-10,12-15,18,20-21,25H,5-6,8,11,16-17,19H2,1-4H3,(H,42,43). The van der Waals surface area contributed by atoms with E-state index in [9.17, 15) is 19.5 Å². The zero-order valence-electron chi connectivity index (χ0n) is 25.6. The fourth-order valence-electron chi connectivity index (χ4n) is 6.00. The van der Waals surface area contributed by atoms with E-state index in [0.29, 0.717) is 65.5 Å². The van der Waals surface area contributed by atoms with Crippen molar-refractivity contribution in [2.75, 3.05) is 13.1 Å². The Labute approximate surface area is 267 Å². The number of thiazole rings is 1. The minimum absolute atomic E-state index is 0.146. The normalized spacial score (nSPS) is 15.1. The molecule has 1 aliphatic rings. The minimum atomic E-state index is -0.891. The summed E-state index contributed by atoms with van der Waals surface area (Å²) in [5, 5.41) is 12.8. The molecule has 9 heteroatoms. The molecule has 3 heterocycles. The van der Waals surface area contributed by atoms with Gasteiger partial charge in [0.2, 0.25) is 0 Å². The van der Waals surface area contributed by atoms with Gasteiger partial charge in [-0.1, -0.05) is 69.6 Å². The fraction of sp³-hybridized carbons (Fsp3) is 0.371. The van der Waals surface area contributed by atoms with E-state index < -0.39 is 11.9 Å². The molecule has 1 fully saturated rings. The molecule has 7 nitrogen and oxygen atoms in total. The van der Waals surface area contributed by atoms with Crippen LogP contribution in [0, 0.1) is 11.8 Å². The summed E-state index contributed by atoms with van der Waals surface area (Å²) < 4.78 is 1.77. The van der Waals surface area contributed by atoms with Crippen molar-refractivity contribution in [2.24, 2.45) is 11.8 Å². The van der Waals surface area contributed by atoms with Crippen molar-refractivity contribution >= 4 is 34.8 Å². The van der Waals surface area contributed by atoms with Crippen LogP contribution in [-0.4, -0.2) is 44.5 Å². The van der Waals surface area contributed by atoms with E-state index in [1.54, 1.807) is 27.7 Å². The third-order valence-electron chi connectivity index (χ3n) is 8.26. The van der Waals surface area contributed by atoms with Crippen molar-refractivity contribution in [3.63, 3.8) is 0 Å². The number of rotatable bonds is 9. The maximum absolute atomic E-state index is 14.7. The molecule has 0 aliphatic carbocycles. The van der Waals surface area contributed by atoms with E-state index in [0.717, 1.165) is 28.1 Å². The number of piperidine rings is 1. The zero-order valence-corrected chi connectivity index (χ0v) is 27.2. The van der Waals surface area contributed by atoms with Crippen molar-refractivity contribution < 1.29 is 14.7 Å². The smallest absolute Gasteiger partial charge is 0.308 e. The van der Waals surface area contributed by atoms with Gasteiger partial charge < -0.3 is 10.0 Å². The highest BCUT2D eigenvalue weighted by Crippen LogP contribution is 2.32. The van der Waals surface area contributed by atoms with E-state index in [-0.39, 0.29) is 23.9 Å². The number of benzene rings is 2. The molecule has 1 aliphatic heterocycles. The summed E-state index contributed by atoms with van der Waals surface area (Å²) in [5.74, 6) is -1.60. The molecule has 2 aromatic heterocycles. The first-order valence-corrected chi connectivity index (χ1v) is 16.5. The predicted octanol–water partition coefficient (Wildman–Crippen LogP) is 7.54. The first-order valence-electron chi connectivity index (χ1n) is 15.3. The summed E-state index contributed by atoms with van der Waals surface area (Å²) in [5.41, 5.74) is 5.69. The lowest BCUT2D eigenvalue weighted by molar-refractivity contribution is -0.143. The molecule has 1 N–H and O–H groups in total. The summed E-state index contributed by atoms with van der Waals surface area (Å²) in [7, 11) is 0. The number of likely N-dealkylation sites (tertiary alicyclic amines) is 1. The van der Waals surface area contributed by atoms with Crippen LogP contribution < -0.4 is 5.56 Å². The van der Waals surface area contributed by atoms with Crippen LogP contribution in [0.2, 0.25) is 5.02 Å². The summed E-state index contributed by atoms with van der Waals surface area (Å²) in [4.78, 5) is 47.5. The number of carbonyl (C=O) groups excluding carboxylic acids is 1. The number of amides is 1. The second-order valence-electron chi connectivity index (χ2n) is 11.8. The van der Waals surface area contributed by atoms with E-state index in [4.69, 9.17) is 16.6 Å². The molecular formula is C35H38ClN3O4S. The molecular weight excluding hydrogens is 594 g/mol. The number of para-hydroxylation sites is 1. The van der Waals surface area contributed by atoms with Gasteiger partial charge in [-0.05, 0) is 67.3 Å². The van der Waals surface area contributed by atoms with E-state index in [2.05, 4.69) is 27.7 Å². The topological polar surface area (TPSA) is 92.5 Å². The van der Waals surface area contributed by atoms with Crippen molar-refractivity contribution in [3.8, 4) is 27.5 Å². The molecule has 1 saturated heterocycles. The molecule has 1 atom stereocenters. The summed E-state index contributed by atoms with van der Waals surface area (Å²) in [6.07, 6.45) is 3.09. The molecule has 0 spiro atoms. The van der Waals surface area contributed by atoms with Gasteiger partial charge in [-0.15, -0.1) is 11.3 Å².